The maximum absolute atomic E-state index is 13.3. The number of carboxylic acids is 1. The number of amides is 2. The minimum atomic E-state index is -5.08. The number of aryl methyl sites for hydroxylation is 1. The number of primary sulfonamides is 1. The number of nitrogens with zero attached hydrogens (tertiary/aromatic N) is 1. The predicted molar refractivity (Wildman–Crippen MR) is 162 cm³/mol. The van der Waals surface area contributed by atoms with E-state index >= 15 is 0 Å². The lowest BCUT2D eigenvalue weighted by Crippen LogP contribution is -2.40. The average molecular weight is 668 g/mol. The van der Waals surface area contributed by atoms with Gasteiger partial charge in [-0.1, -0.05) is 42.5 Å². The van der Waals surface area contributed by atoms with Gasteiger partial charge < -0.3 is 25.6 Å². The van der Waals surface area contributed by atoms with Crippen LogP contribution in [0.4, 0.5) is 18.9 Å². The van der Waals surface area contributed by atoms with Crippen LogP contribution >= 0.6 is 0 Å². The number of nitrogens with one attached hydrogen (secondary N) is 2. The van der Waals surface area contributed by atoms with Crippen LogP contribution in [0.3, 0.4) is 0 Å². The van der Waals surface area contributed by atoms with Gasteiger partial charge in [-0.05, 0) is 47.9 Å². The van der Waals surface area contributed by atoms with Gasteiger partial charge in [0.25, 0.3) is 0 Å². The molecule has 0 aromatic heterocycles. The Hall–Kier alpha value is -5.16. The van der Waals surface area contributed by atoms with Crippen molar-refractivity contribution in [3.8, 4) is 11.5 Å². The highest BCUT2D eigenvalue weighted by Crippen LogP contribution is 2.27. The molecule has 0 radical (unpaired) electrons. The van der Waals surface area contributed by atoms with Gasteiger partial charge in [0.1, 0.15) is 6.04 Å². The average Bonchev–Trinajstić information content (AvgIpc) is 2.97. The van der Waals surface area contributed by atoms with Crippen LogP contribution in [0.15, 0.2) is 76.6 Å². The number of aliphatic imine (C=N–C) groups is 1. The highest BCUT2D eigenvalue weighted by atomic mass is 32.2. The lowest BCUT2D eigenvalue weighted by molar-refractivity contribution is -0.192. The molecule has 0 aliphatic heterocycles. The van der Waals surface area contributed by atoms with Crippen molar-refractivity contribution in [2.24, 2.45) is 15.9 Å². The van der Waals surface area contributed by atoms with E-state index in [4.69, 9.17) is 30.2 Å². The summed E-state index contributed by atoms with van der Waals surface area (Å²) in [5.41, 5.74) is 8.36. The topological polar surface area (TPSA) is 212 Å². The monoisotopic (exact) mass is 667 g/mol. The number of sulfonamides is 1. The number of carbonyl (C=O) groups is 3. The number of hydrogen-bond donors (Lipinski definition) is 5. The molecule has 2 amide bonds. The molecule has 0 bridgehead atoms. The number of alkyl halides is 3. The number of nitrogens with two attached hydrogens (primary N) is 2. The quantitative estimate of drug-likeness (QED) is 0.159. The largest absolute Gasteiger partial charge is 0.493 e. The molecular formula is C29H32F3N5O8S. The molecule has 13 nitrogen and oxygen atoms in total. The third-order valence-corrected chi connectivity index (χ3v) is 6.90. The molecule has 3 rings (SSSR count). The van der Waals surface area contributed by atoms with Gasteiger partial charge in [0.15, 0.2) is 17.5 Å². The second-order valence-electron chi connectivity index (χ2n) is 9.45. The zero-order chi connectivity index (χ0) is 34.7. The summed E-state index contributed by atoms with van der Waals surface area (Å²) in [4.78, 5) is 38.9. The highest BCUT2D eigenvalue weighted by Gasteiger charge is 2.38. The number of ether oxygens (including phenoxy) is 2. The lowest BCUT2D eigenvalue weighted by Gasteiger charge is -2.16. The van der Waals surface area contributed by atoms with E-state index in [2.05, 4.69) is 15.6 Å². The summed E-state index contributed by atoms with van der Waals surface area (Å²) in [6.07, 6.45) is -4.93. The van der Waals surface area contributed by atoms with Gasteiger partial charge in [-0.2, -0.15) is 13.2 Å². The van der Waals surface area contributed by atoms with E-state index in [0.29, 0.717) is 22.6 Å². The van der Waals surface area contributed by atoms with E-state index in [9.17, 15) is 31.2 Å². The number of carbonyl (C=O) groups excluding carboxylic acids is 2. The highest BCUT2D eigenvalue weighted by molar-refractivity contribution is 7.89. The van der Waals surface area contributed by atoms with Crippen molar-refractivity contribution in [1.82, 2.24) is 5.32 Å². The Bertz CT molecular complexity index is 1680. The Balaban J connectivity index is 0.000000942. The minimum Gasteiger partial charge on any atom is -0.493 e. The van der Waals surface area contributed by atoms with E-state index in [-0.39, 0.29) is 29.4 Å². The van der Waals surface area contributed by atoms with Crippen molar-refractivity contribution in [2.75, 3.05) is 19.5 Å². The molecular weight excluding hydrogens is 635 g/mol. The van der Waals surface area contributed by atoms with Gasteiger partial charge in [0.2, 0.25) is 21.8 Å². The van der Waals surface area contributed by atoms with Gasteiger partial charge in [0.05, 0.1) is 25.5 Å². The number of halogens is 3. The maximum Gasteiger partial charge on any atom is 0.490 e. The van der Waals surface area contributed by atoms with Crippen LogP contribution in [-0.4, -0.2) is 63.7 Å². The van der Waals surface area contributed by atoms with Crippen LogP contribution < -0.4 is 31.0 Å². The summed E-state index contributed by atoms with van der Waals surface area (Å²) in [6.45, 7) is 1.71. The molecule has 0 spiro atoms. The van der Waals surface area contributed by atoms with Crippen molar-refractivity contribution in [3.63, 3.8) is 0 Å². The molecule has 3 aromatic carbocycles. The summed E-state index contributed by atoms with van der Waals surface area (Å²) in [6, 6.07) is 17.4. The standard InChI is InChI=1S/C27H31N5O6S.C2HF3O2/c1-17-9-11-20(39(29,35)36)16-21(17)30-26(34)22(13-18-7-5-4-6-8-18)31-27(28)32-25(33)15-19-10-12-23(37-2)24(14-19)38-3;3-2(4,5)1(6)7/h4-12,14,16,22H,13,15H2,1-3H3,(H,30,34)(H2,29,35,36)(H3,28,31,32,33);(H,6,7)/t22-;/m1./s1. The number of guanidine groups is 1. The summed E-state index contributed by atoms with van der Waals surface area (Å²) >= 11 is 0. The molecule has 46 heavy (non-hydrogen) atoms. The van der Waals surface area contributed by atoms with Crippen molar-refractivity contribution in [3.05, 3.63) is 83.4 Å². The van der Waals surface area contributed by atoms with Crippen molar-refractivity contribution < 1.29 is 50.6 Å². The van der Waals surface area contributed by atoms with Crippen LogP contribution in [0, 0.1) is 6.92 Å². The second-order valence-corrected chi connectivity index (χ2v) is 11.0. The molecule has 1 atom stereocenters. The summed E-state index contributed by atoms with van der Waals surface area (Å²) in [7, 11) is -0.962. The predicted octanol–water partition coefficient (Wildman–Crippen LogP) is 2.52. The fourth-order valence-corrected chi connectivity index (χ4v) is 4.27. The fourth-order valence-electron chi connectivity index (χ4n) is 3.73. The Morgan fingerprint density at radius 2 is 1.57 bits per heavy atom. The number of carboxylic acid groups (broad SMARTS) is 1. The normalized spacial score (nSPS) is 12.2. The van der Waals surface area contributed by atoms with Crippen LogP contribution in [0.5, 0.6) is 11.5 Å². The van der Waals surface area contributed by atoms with Gasteiger partial charge >= 0.3 is 12.1 Å². The first-order chi connectivity index (χ1) is 21.4. The Morgan fingerprint density at radius 3 is 2.11 bits per heavy atom. The Morgan fingerprint density at radius 1 is 0.957 bits per heavy atom. The van der Waals surface area contributed by atoms with Crippen LogP contribution in [0.1, 0.15) is 16.7 Å². The number of benzene rings is 3. The van der Waals surface area contributed by atoms with E-state index < -0.39 is 40.0 Å². The van der Waals surface area contributed by atoms with E-state index in [1.165, 1.54) is 32.4 Å². The zero-order valence-corrected chi connectivity index (χ0v) is 25.6. The van der Waals surface area contributed by atoms with Crippen LogP contribution in [0.25, 0.3) is 0 Å². The first kappa shape index (κ1) is 37.0. The minimum absolute atomic E-state index is 0.0222. The maximum atomic E-state index is 13.3. The van der Waals surface area contributed by atoms with Crippen molar-refractivity contribution >= 4 is 39.5 Å². The molecule has 7 N–H and O–H groups in total. The van der Waals surface area contributed by atoms with Gasteiger partial charge in [0, 0.05) is 12.1 Å². The molecule has 0 saturated carbocycles. The van der Waals surface area contributed by atoms with E-state index in [1.54, 1.807) is 25.1 Å². The molecule has 0 aliphatic rings. The molecule has 0 aliphatic carbocycles. The molecule has 0 saturated heterocycles. The Kier molecular flexibility index (Phi) is 13.1. The van der Waals surface area contributed by atoms with E-state index in [0.717, 1.165) is 5.56 Å². The number of rotatable bonds is 10. The summed E-state index contributed by atoms with van der Waals surface area (Å²) in [5, 5.41) is 17.6. The smallest absolute Gasteiger partial charge is 0.490 e. The molecule has 0 unspecified atom stereocenters. The SMILES string of the molecule is COc1ccc(CC(=O)NC(N)=N[C@H](Cc2ccccc2)C(=O)Nc2cc(S(N)(=O)=O)ccc2C)cc1OC.O=C(O)C(F)(F)F. The molecule has 0 heterocycles. The van der Waals surface area contributed by atoms with Crippen molar-refractivity contribution in [1.29, 1.82) is 0 Å². The second kappa shape index (κ2) is 16.2. The molecule has 248 valence electrons. The lowest BCUT2D eigenvalue weighted by atomic mass is 10.1. The van der Waals surface area contributed by atoms with Gasteiger partial charge in [-0.3, -0.25) is 14.9 Å². The van der Waals surface area contributed by atoms with E-state index in [1.807, 2.05) is 30.3 Å². The van der Waals surface area contributed by atoms with Gasteiger partial charge in [-0.15, -0.1) is 0 Å². The summed E-state index contributed by atoms with van der Waals surface area (Å²) in [5.74, 6) is -2.99. The third kappa shape index (κ3) is 11.7. The fraction of sp³-hybridized carbons (Fsp3) is 0.241. The zero-order valence-electron chi connectivity index (χ0n) is 24.8. The van der Waals surface area contributed by atoms with Crippen LogP contribution in [0.2, 0.25) is 0 Å². The Labute approximate surface area is 262 Å². The number of anilines is 1. The number of methoxy groups -OCH3 is 2. The molecule has 17 heteroatoms. The van der Waals surface area contributed by atoms with Crippen LogP contribution in [-0.2, 0) is 37.2 Å². The first-order valence-electron chi connectivity index (χ1n) is 13.1. The number of aliphatic carboxylic acids is 1. The molecule has 0 fully saturated rings. The third-order valence-electron chi connectivity index (χ3n) is 5.99. The molecule has 3 aromatic rings. The van der Waals surface area contributed by atoms with Gasteiger partial charge in [-0.25, -0.2) is 23.3 Å². The summed E-state index contributed by atoms with van der Waals surface area (Å²) < 4.78 is 65.8. The first-order valence-corrected chi connectivity index (χ1v) is 14.6. The van der Waals surface area contributed by atoms with Crippen molar-refractivity contribution in [2.45, 2.75) is 36.9 Å². The number of hydrogen-bond acceptors (Lipinski definition) is 8.